The van der Waals surface area contributed by atoms with E-state index in [0.717, 1.165) is 28.0 Å². The van der Waals surface area contributed by atoms with E-state index in [1.54, 1.807) is 0 Å². The van der Waals surface area contributed by atoms with Gasteiger partial charge in [0.05, 0.1) is 24.9 Å². The van der Waals surface area contributed by atoms with E-state index in [-0.39, 0.29) is 34.0 Å². The third-order valence-corrected chi connectivity index (χ3v) is 8.75. The van der Waals surface area contributed by atoms with Crippen LogP contribution in [-0.2, 0) is 32.2 Å². The summed E-state index contributed by atoms with van der Waals surface area (Å²) in [7, 11) is -8.96. The molecule has 0 radical (unpaired) electrons. The van der Waals surface area contributed by atoms with Crippen LogP contribution in [0.5, 0.6) is 0 Å². The van der Waals surface area contributed by atoms with Crippen molar-refractivity contribution in [1.82, 2.24) is 34.1 Å². The molecule has 22 nitrogen and oxygen atoms in total. The maximum absolute atomic E-state index is 14.7. The molecule has 0 aromatic carbocycles. The molecule has 0 aliphatic carbocycles. The molecule has 4 aromatic rings. The predicted molar refractivity (Wildman–Crippen MR) is 148 cm³/mol. The fourth-order valence-corrected chi connectivity index (χ4v) is 6.75. The summed E-state index contributed by atoms with van der Waals surface area (Å²) in [5.41, 5.74) is 10.2. The lowest BCUT2D eigenvalue weighted by Gasteiger charge is -2.25. The number of aromatic nitrogens is 7. The van der Waals surface area contributed by atoms with Gasteiger partial charge in [-0.15, -0.1) is 0 Å². The molecule has 2 fully saturated rings. The van der Waals surface area contributed by atoms with Gasteiger partial charge in [0.2, 0.25) is 5.95 Å². The van der Waals surface area contributed by atoms with Crippen LogP contribution in [0, 0.1) is 5.82 Å². The van der Waals surface area contributed by atoms with Gasteiger partial charge in [-0.3, -0.25) is 28.0 Å². The third-order valence-electron chi connectivity index (χ3n) is 7.29. The molecule has 2 saturated heterocycles. The zero-order valence-electron chi connectivity index (χ0n) is 22.9. The molecule has 0 saturated carbocycles. The second-order valence-electron chi connectivity index (χ2n) is 10.1. The quantitative estimate of drug-likeness (QED) is 0.0806. The number of hydrogen-bond acceptors (Lipinski definition) is 17. The highest BCUT2D eigenvalue weighted by molar-refractivity contribution is 7.47. The minimum absolute atomic E-state index is 0.104. The van der Waals surface area contributed by atoms with Gasteiger partial charge in [0.1, 0.15) is 48.8 Å². The fraction of sp³-hybridized carbons (Fsp3) is 0.476. The first-order valence-corrected chi connectivity index (χ1v) is 15.9. The summed E-state index contributed by atoms with van der Waals surface area (Å²) in [6, 6.07) is 0. The number of phosphoric ester groups is 1. The summed E-state index contributed by atoms with van der Waals surface area (Å²) < 4.78 is 68.1. The number of aliphatic hydroxyl groups is 3. The van der Waals surface area contributed by atoms with Crippen LogP contribution in [0.25, 0.3) is 22.2 Å². The number of nitrogens with two attached hydrogens (primary N) is 2. The summed E-state index contributed by atoms with van der Waals surface area (Å²) in [6.45, 7) is -1.67. The van der Waals surface area contributed by atoms with Crippen LogP contribution in [-0.4, -0.2) is 109 Å². The number of aliphatic hydroxyl groups excluding tert-OH is 3. The monoisotopic (exact) mass is 693 g/mol. The van der Waals surface area contributed by atoms with Crippen molar-refractivity contribution in [3.05, 3.63) is 35.0 Å². The van der Waals surface area contributed by atoms with E-state index in [1.807, 2.05) is 0 Å². The van der Waals surface area contributed by atoms with Crippen molar-refractivity contribution < 1.29 is 61.7 Å². The van der Waals surface area contributed by atoms with Crippen molar-refractivity contribution in [3.8, 4) is 0 Å². The summed E-state index contributed by atoms with van der Waals surface area (Å²) in [5, 5.41) is 31.2. The number of imidazole rings is 1. The summed E-state index contributed by atoms with van der Waals surface area (Å²) in [6.07, 6.45) is -9.78. The van der Waals surface area contributed by atoms with E-state index >= 15 is 0 Å². The first kappa shape index (κ1) is 32.5. The lowest BCUT2D eigenvalue weighted by atomic mass is 10.1. The Morgan fingerprint density at radius 1 is 1.09 bits per heavy atom. The smallest absolute Gasteiger partial charge is 0.394 e. The standard InChI is InChI=1S/C21H26FN9O13P2/c22-6-1-30(16-9(6)15(23)25-4-26-16)19-12(34)13(43-45(36)37)8(42-19)3-40-46(38,39)44-14-11(33)7(2-32)41-20(14)31-5-27-10-17(31)28-21(24)29-18(10)35/h1,4-5,7-8,11-14,19-20,32-34,45H,2-3H2,(H,36,37)(H,38,39)(H2,23,25,26)(H3,24,28,29,35)/t7-,8-,11-,12-,13-,14-,19-,20-/m1/s1. The first-order valence-electron chi connectivity index (χ1n) is 13.1. The molecule has 10 N–H and O–H groups in total. The summed E-state index contributed by atoms with van der Waals surface area (Å²) in [5.74, 6) is -1.38. The number of hydrogen-bond donors (Lipinski definition) is 8. The van der Waals surface area contributed by atoms with Gasteiger partial charge >= 0.3 is 16.1 Å². The van der Waals surface area contributed by atoms with Crippen LogP contribution in [0.15, 0.2) is 23.6 Å². The molecule has 10 atom stereocenters. The van der Waals surface area contributed by atoms with Crippen LogP contribution < -0.4 is 17.0 Å². The number of anilines is 2. The second kappa shape index (κ2) is 12.3. The number of nitrogen functional groups attached to an aromatic ring is 2. The molecule has 2 aliphatic rings. The molecular formula is C21H26FN9O13P2. The molecule has 0 spiro atoms. The molecule has 46 heavy (non-hydrogen) atoms. The average Bonchev–Trinajstić information content (AvgIpc) is 3.72. The molecular weight excluding hydrogens is 667 g/mol. The number of halogens is 1. The predicted octanol–water partition coefficient (Wildman–Crippen LogP) is -2.35. The normalized spacial score (nSPS) is 30.3. The molecule has 6 heterocycles. The molecule has 6 rings (SSSR count). The Bertz CT molecular complexity index is 1910. The summed E-state index contributed by atoms with van der Waals surface area (Å²) >= 11 is 0. The van der Waals surface area contributed by atoms with Crippen molar-refractivity contribution in [3.63, 3.8) is 0 Å². The number of fused-ring (bicyclic) bond motifs is 2. The topological polar surface area (TPSA) is 328 Å². The van der Waals surface area contributed by atoms with E-state index in [1.165, 1.54) is 0 Å². The lowest BCUT2D eigenvalue weighted by Crippen LogP contribution is -2.36. The lowest BCUT2D eigenvalue weighted by molar-refractivity contribution is -0.0608. The average molecular weight is 693 g/mol. The van der Waals surface area contributed by atoms with Crippen LogP contribution in [0.1, 0.15) is 12.5 Å². The van der Waals surface area contributed by atoms with Gasteiger partial charge in [0.15, 0.2) is 35.1 Å². The molecule has 2 aliphatic heterocycles. The largest absolute Gasteiger partial charge is 0.472 e. The zero-order chi connectivity index (χ0) is 33.1. The van der Waals surface area contributed by atoms with Crippen LogP contribution in [0.4, 0.5) is 16.2 Å². The van der Waals surface area contributed by atoms with Gasteiger partial charge in [0.25, 0.3) is 5.56 Å². The van der Waals surface area contributed by atoms with Gasteiger partial charge in [-0.1, -0.05) is 0 Å². The van der Waals surface area contributed by atoms with E-state index in [9.17, 15) is 43.4 Å². The second-order valence-corrected chi connectivity index (χ2v) is 12.3. The van der Waals surface area contributed by atoms with Gasteiger partial charge in [-0.2, -0.15) is 4.98 Å². The van der Waals surface area contributed by atoms with Crippen molar-refractivity contribution in [2.24, 2.45) is 0 Å². The Labute approximate surface area is 254 Å². The number of phosphoric acid groups is 1. The van der Waals surface area contributed by atoms with Crippen molar-refractivity contribution in [2.75, 3.05) is 24.7 Å². The van der Waals surface area contributed by atoms with Crippen LogP contribution >= 0.6 is 16.1 Å². The van der Waals surface area contributed by atoms with E-state index in [0.29, 0.717) is 0 Å². The molecule has 250 valence electrons. The van der Waals surface area contributed by atoms with Crippen molar-refractivity contribution >= 4 is 50.0 Å². The SMILES string of the molecule is Nc1nc2c(ncn2[C@@H]2O[C@H](CO)[C@@H](O)[C@H]2OP(=O)(O)OC[C@H]2O[C@@H](n3cc(F)c4c(N)ncnc43)[C@H](O)[C@@H]2O[PH](=O)O)c(=O)[nH]1. The van der Waals surface area contributed by atoms with Gasteiger partial charge in [-0.25, -0.2) is 23.9 Å². The highest BCUT2D eigenvalue weighted by Crippen LogP contribution is 2.50. The maximum Gasteiger partial charge on any atom is 0.472 e. The molecule has 0 bridgehead atoms. The molecule has 4 aromatic heterocycles. The maximum atomic E-state index is 14.7. The van der Waals surface area contributed by atoms with Gasteiger partial charge in [0, 0.05) is 6.20 Å². The highest BCUT2D eigenvalue weighted by atomic mass is 31.2. The number of nitrogens with one attached hydrogen (secondary N) is 1. The Balaban J connectivity index is 1.23. The Morgan fingerprint density at radius 3 is 2.54 bits per heavy atom. The first-order chi connectivity index (χ1) is 21.8. The van der Waals surface area contributed by atoms with E-state index < -0.39 is 89.7 Å². The Hall–Kier alpha value is -3.44. The number of H-pyrrole nitrogens is 1. The minimum Gasteiger partial charge on any atom is -0.394 e. The minimum atomic E-state index is -5.22. The Morgan fingerprint density at radius 2 is 1.83 bits per heavy atom. The number of ether oxygens (including phenoxy) is 2. The molecule has 2 unspecified atom stereocenters. The third kappa shape index (κ3) is 5.81. The van der Waals surface area contributed by atoms with Crippen LogP contribution in [0.3, 0.4) is 0 Å². The summed E-state index contributed by atoms with van der Waals surface area (Å²) in [4.78, 5) is 50.1. The molecule has 0 amide bonds. The number of nitrogens with zero attached hydrogens (tertiary/aromatic N) is 6. The van der Waals surface area contributed by atoms with Crippen molar-refractivity contribution in [2.45, 2.75) is 49.1 Å². The highest BCUT2D eigenvalue weighted by Gasteiger charge is 2.51. The number of rotatable bonds is 10. The zero-order valence-corrected chi connectivity index (χ0v) is 24.8. The van der Waals surface area contributed by atoms with E-state index in [4.69, 9.17) is 34.5 Å². The van der Waals surface area contributed by atoms with Gasteiger partial charge in [-0.05, 0) is 0 Å². The Kier molecular flexibility index (Phi) is 8.69. The van der Waals surface area contributed by atoms with Gasteiger partial charge < -0.3 is 55.1 Å². The number of aromatic amines is 1. The van der Waals surface area contributed by atoms with Crippen molar-refractivity contribution in [1.29, 1.82) is 0 Å². The van der Waals surface area contributed by atoms with E-state index in [2.05, 4.69) is 24.9 Å². The fourth-order valence-electron chi connectivity index (χ4n) is 5.29. The molecule has 25 heteroatoms. The van der Waals surface area contributed by atoms with Crippen LogP contribution in [0.2, 0.25) is 0 Å².